The molecule has 62 nitrogen and oxygen atoms in total. The molecule has 0 aromatic heterocycles. The molecule has 10 heterocycles. The highest BCUT2D eigenvalue weighted by molar-refractivity contribution is 5.76. The summed E-state index contributed by atoms with van der Waals surface area (Å²) in [6.07, 6.45) is -99.4. The molecule has 6 amide bonds. The zero-order valence-electron chi connectivity index (χ0n) is 74.7. The summed E-state index contributed by atoms with van der Waals surface area (Å²) in [4.78, 5) is 88.8. The van der Waals surface area contributed by atoms with Gasteiger partial charge in [-0.1, -0.05) is 0 Å². The van der Waals surface area contributed by atoms with Crippen molar-refractivity contribution in [3.8, 4) is 0 Å². The van der Waals surface area contributed by atoms with Gasteiger partial charge in [0.15, 0.2) is 56.6 Å². The van der Waals surface area contributed by atoms with Crippen molar-refractivity contribution in [2.75, 3.05) is 79.3 Å². The lowest BCUT2D eigenvalue weighted by molar-refractivity contribution is -0.411. The van der Waals surface area contributed by atoms with E-state index >= 15 is 0 Å². The predicted molar refractivity (Wildman–Crippen MR) is 426 cm³/mol. The lowest BCUT2D eigenvalue weighted by Crippen LogP contribution is -2.72. The van der Waals surface area contributed by atoms with E-state index in [0.29, 0.717) is 0 Å². The van der Waals surface area contributed by atoms with Gasteiger partial charge in [0.05, 0.1) is 97.5 Å². The van der Waals surface area contributed by atoms with Crippen molar-refractivity contribution in [2.24, 2.45) is 0 Å². The fourth-order valence-corrected chi connectivity index (χ4v) is 17.7. The number of carboxylic acids is 1. The van der Waals surface area contributed by atoms with Crippen LogP contribution in [0.3, 0.4) is 0 Å². The number of ether oxygens (including phenoxy) is 20. The van der Waals surface area contributed by atoms with Crippen LogP contribution in [0, 0.1) is 0 Å². The fourth-order valence-electron chi connectivity index (χ4n) is 17.7. The predicted octanol–water partition coefficient (Wildman–Crippen LogP) is -25.1. The Kier molecular flexibility index (Phi) is 42.4. The van der Waals surface area contributed by atoms with Crippen molar-refractivity contribution in [3.63, 3.8) is 0 Å². The molecule has 10 aliphatic heterocycles. The molecule has 139 heavy (non-hydrogen) atoms. The summed E-state index contributed by atoms with van der Waals surface area (Å²) in [5, 5.41) is 342. The second-order valence-corrected chi connectivity index (χ2v) is 34.6. The highest BCUT2D eigenvalue weighted by atomic mass is 16.8. The molecule has 0 aliphatic carbocycles. The minimum atomic E-state index is -3.46. The summed E-state index contributed by atoms with van der Waals surface area (Å²) in [6, 6.07) is -10.8. The summed E-state index contributed by atoms with van der Waals surface area (Å²) < 4.78 is 118. The smallest absolute Gasteiger partial charge is 0.217 e. The van der Waals surface area contributed by atoms with Gasteiger partial charge < -0.3 is 280 Å². The van der Waals surface area contributed by atoms with E-state index in [0.717, 1.165) is 34.6 Å². The lowest BCUT2D eigenvalue weighted by Gasteiger charge is -2.52. The summed E-state index contributed by atoms with van der Waals surface area (Å²) in [5.41, 5.74) is 0. The molecular formula is C77H127N6O56-. The standard InChI is InChI=1S/C77H128N6O56/c1-20(95)79-37-26(100)6-77(76(118)119,138-62(37)42(102)27(101)8-85)139-66-46(106)31(12-89)125-75(57(66)117)133-60-34(15-92)128-70(41(51(60)111)83-24(5)99)137-65-47(107)36(18-121-67-39(81-22(3)97)49(109)58(32(13-90)126-67)131-72-54(114)63(44(104)29(10-87)123-72)135-68-38(80-21(2)96)48(108)43(103)28(9-86)122-68)130-74(56(65)116)132-59-33(14-91)127-69(40(50(59)110)82-23(4)98)136-64-45(105)30(11-88)124-73(55(64)115)134-61-35(16-93)129-71(53(113)52(61)112)120-17-25(7-84)78-19-94/h19,25-75,84-93,100-117H,6-18H2,1-5H3,(H,78,94)(H,79,95)(H,80,96)(H,81,97)(H,82,98)(H,83,99)(H,118,119)/p-1/t25-,26+,27-,28-,29-,30-,31-,32-,33-,34-,35-,36-,37-,38-,39-,40-,41-,42-,43+,44+,45+,46+,47+,48-,49-,50-,51-,52-,53-,54-,55-,56-,57-,58-,59-,60-,61-,62-,63+,64+,65+,66+,67-,68-,69+,70+,71-,72+,73+,74+,75+,77+/m1/s1. The third-order valence-corrected chi connectivity index (χ3v) is 24.8. The Labute approximate surface area is 786 Å². The Morgan fingerprint density at radius 3 is 1.00 bits per heavy atom. The van der Waals surface area contributed by atoms with Crippen LogP contribution in [-0.2, 0) is 128 Å². The van der Waals surface area contributed by atoms with E-state index in [2.05, 4.69) is 31.9 Å². The van der Waals surface area contributed by atoms with Crippen LogP contribution in [0.2, 0.25) is 0 Å². The van der Waals surface area contributed by atoms with Gasteiger partial charge in [-0.3, -0.25) is 28.8 Å². The first-order valence-corrected chi connectivity index (χ1v) is 44.0. The van der Waals surface area contributed by atoms with Gasteiger partial charge >= 0.3 is 0 Å². The molecule has 0 aromatic rings. The maximum Gasteiger partial charge on any atom is 0.217 e. The monoisotopic (exact) mass is 2030 g/mol. The van der Waals surface area contributed by atoms with Gasteiger partial charge in [-0.15, -0.1) is 0 Å². The number of carboxylic acid groups (broad SMARTS) is 1. The van der Waals surface area contributed by atoms with Gasteiger partial charge in [-0.25, -0.2) is 0 Å². The maximum atomic E-state index is 13.4. The van der Waals surface area contributed by atoms with E-state index in [-0.39, 0.29) is 6.41 Å². The molecule has 10 fully saturated rings. The van der Waals surface area contributed by atoms with E-state index in [1.807, 2.05) is 0 Å². The van der Waals surface area contributed by atoms with Gasteiger partial charge in [0, 0.05) is 41.0 Å². The topological polar surface area (TPSA) is 966 Å². The van der Waals surface area contributed by atoms with Crippen molar-refractivity contribution < 1.29 is 276 Å². The summed E-state index contributed by atoms with van der Waals surface area (Å²) in [6.45, 7) is -8.57. The molecule has 34 N–H and O–H groups in total. The minimum Gasteiger partial charge on any atom is -0.544 e. The van der Waals surface area contributed by atoms with Crippen molar-refractivity contribution in [1.29, 1.82) is 0 Å². The van der Waals surface area contributed by atoms with E-state index in [1.165, 1.54) is 0 Å². The van der Waals surface area contributed by atoms with Gasteiger partial charge in [0.25, 0.3) is 0 Å². The van der Waals surface area contributed by atoms with Crippen LogP contribution in [0.15, 0.2) is 0 Å². The number of amides is 6. The third-order valence-electron chi connectivity index (χ3n) is 24.8. The van der Waals surface area contributed by atoms with Crippen LogP contribution in [0.4, 0.5) is 0 Å². The number of hydrogen-bond acceptors (Lipinski definition) is 56. The van der Waals surface area contributed by atoms with Gasteiger partial charge in [0.1, 0.15) is 244 Å². The number of carbonyl (C=O) groups is 7. The van der Waals surface area contributed by atoms with Crippen LogP contribution in [-0.4, -0.2) is 583 Å². The first-order chi connectivity index (χ1) is 65.8. The zero-order chi connectivity index (χ0) is 103. The van der Waals surface area contributed by atoms with Gasteiger partial charge in [0.2, 0.25) is 41.7 Å². The summed E-state index contributed by atoms with van der Waals surface area (Å²) >= 11 is 0. The number of aliphatic hydroxyl groups excluding tert-OH is 28. The normalized spacial score (nSPS) is 45.6. The van der Waals surface area contributed by atoms with E-state index in [4.69, 9.17) is 94.7 Å². The first kappa shape index (κ1) is 115. The second kappa shape index (κ2) is 51.1. The molecule has 0 saturated carbocycles. The molecular weight excluding hydrogens is 1900 g/mol. The molecule has 62 heteroatoms. The fraction of sp³-hybridized carbons (Fsp3) is 0.909. The highest BCUT2D eigenvalue weighted by Gasteiger charge is 2.64. The second-order valence-electron chi connectivity index (χ2n) is 34.6. The largest absolute Gasteiger partial charge is 0.544 e. The summed E-state index contributed by atoms with van der Waals surface area (Å²) in [5.74, 6) is -10.8. The number of aliphatic hydroxyl groups is 28. The molecule has 10 aliphatic rings. The van der Waals surface area contributed by atoms with Gasteiger partial charge in [-0.05, 0) is 0 Å². The van der Waals surface area contributed by atoms with E-state index in [9.17, 15) is 182 Å². The Morgan fingerprint density at radius 2 is 0.640 bits per heavy atom. The molecule has 0 spiro atoms. The van der Waals surface area contributed by atoms with Crippen molar-refractivity contribution >= 4 is 41.9 Å². The summed E-state index contributed by atoms with van der Waals surface area (Å²) in [7, 11) is 0. The quantitative estimate of drug-likeness (QED) is 0.0252. The number of carbonyl (C=O) groups excluding carboxylic acids is 7. The lowest BCUT2D eigenvalue weighted by atomic mass is 9.88. The Bertz CT molecular complexity index is 3880. The number of aliphatic carboxylic acids is 1. The number of hydrogen-bond donors (Lipinski definition) is 34. The highest BCUT2D eigenvalue weighted by Crippen LogP contribution is 2.43. The molecule has 52 atom stereocenters. The van der Waals surface area contributed by atoms with Crippen LogP contribution in [0.25, 0.3) is 0 Å². The van der Waals surface area contributed by atoms with Crippen LogP contribution in [0.1, 0.15) is 41.0 Å². The van der Waals surface area contributed by atoms with Gasteiger partial charge in [-0.2, -0.15) is 0 Å². The first-order valence-electron chi connectivity index (χ1n) is 44.0. The van der Waals surface area contributed by atoms with Crippen LogP contribution < -0.4 is 37.0 Å². The third kappa shape index (κ3) is 26.3. The average molecular weight is 2030 g/mol. The average Bonchev–Trinajstić information content (AvgIpc) is 0.753. The Hall–Kier alpha value is -5.63. The molecule has 0 bridgehead atoms. The van der Waals surface area contributed by atoms with Crippen LogP contribution >= 0.6 is 0 Å². The minimum absolute atomic E-state index is 0.227. The van der Waals surface area contributed by atoms with E-state index < -0.39 is 440 Å². The zero-order valence-corrected chi connectivity index (χ0v) is 74.7. The van der Waals surface area contributed by atoms with Crippen molar-refractivity contribution in [2.45, 2.75) is 359 Å². The van der Waals surface area contributed by atoms with Crippen molar-refractivity contribution in [3.05, 3.63) is 0 Å². The molecule has 10 rings (SSSR count). The number of nitrogens with one attached hydrogen (secondary N) is 6. The van der Waals surface area contributed by atoms with Crippen LogP contribution in [0.5, 0.6) is 0 Å². The molecule has 10 saturated heterocycles. The molecule has 0 unspecified atom stereocenters. The molecule has 0 aromatic carbocycles. The number of rotatable bonds is 42. The van der Waals surface area contributed by atoms with E-state index in [1.54, 1.807) is 0 Å². The Morgan fingerprint density at radius 1 is 0.338 bits per heavy atom. The van der Waals surface area contributed by atoms with Crippen molar-refractivity contribution in [1.82, 2.24) is 31.9 Å². The Balaban J connectivity index is 0.953. The molecule has 0 radical (unpaired) electrons. The maximum absolute atomic E-state index is 13.4. The molecule has 802 valence electrons. The SMILES string of the molecule is CC(=O)N[C@H]1[C@H](OC[C@H]2O[C@@H](O[C@H]3[C@H](O)[C@@H](NC(C)=O)[C@H](O[C@H]4[C@@H](O)[C@@H](CO)O[C@@H](O[C@H]5[C@H](O)[C@@H](O)[C@H](OC[C@@H](CO)NC=O)O[C@@H]5CO)[C@@H]4O)O[C@@H]3CO)[C@H](O)[C@@H](O[C@@H]3O[C@H](CO)[C@@H](O[C@@H]4O[C@H](CO)[C@H](O)[C@H](O[C@]5(C(=O)[O-])C[C@H](O)[C@@H](NC(C)=O)[C@H]([C@H](O)[C@H](O)CO)O5)[C@H]4O)[C@H](O)[C@H]3NC(C)=O)[C@H]2O)O[C@H](CO)[C@@H](O[C@@H]2O[C@H](CO)[C@H](O)[C@H](O[C@H]3O[C@H](CO)[C@H](O)[C@H](O)[C@H]3NC(C)=O)[C@H]2O)[C@@H]1O.